The van der Waals surface area contributed by atoms with E-state index in [1.54, 1.807) is 24.4 Å². The molecule has 0 radical (unpaired) electrons. The van der Waals surface area contributed by atoms with E-state index < -0.39 is 11.8 Å². The first-order valence-corrected chi connectivity index (χ1v) is 6.77. The number of hydrogen-bond acceptors (Lipinski definition) is 4. The van der Waals surface area contributed by atoms with Crippen molar-refractivity contribution in [2.75, 3.05) is 5.32 Å². The maximum absolute atomic E-state index is 12.1. The summed E-state index contributed by atoms with van der Waals surface area (Å²) in [5.41, 5.74) is 1.36. The van der Waals surface area contributed by atoms with Crippen LogP contribution in [0.15, 0.2) is 41.1 Å². The van der Waals surface area contributed by atoms with E-state index >= 15 is 0 Å². The van der Waals surface area contributed by atoms with Gasteiger partial charge in [0.15, 0.2) is 0 Å². The van der Waals surface area contributed by atoms with Gasteiger partial charge in [-0.3, -0.25) is 19.7 Å². The van der Waals surface area contributed by atoms with Crippen molar-refractivity contribution in [1.82, 2.24) is 10.3 Å². The minimum absolute atomic E-state index is 0.253. The molecule has 0 aliphatic carbocycles. The molecule has 6 nitrogen and oxygen atoms in total. The summed E-state index contributed by atoms with van der Waals surface area (Å²) < 4.78 is 0.427. The first-order valence-electron chi connectivity index (χ1n) is 5.98. The lowest BCUT2D eigenvalue weighted by Gasteiger charge is -2.07. The van der Waals surface area contributed by atoms with E-state index in [1.807, 2.05) is 0 Å². The molecule has 3 amide bonds. The van der Waals surface area contributed by atoms with Crippen LogP contribution >= 0.6 is 15.9 Å². The molecule has 1 aliphatic heterocycles. The molecular weight excluding hydrogens is 338 g/mol. The van der Waals surface area contributed by atoms with Gasteiger partial charge in [0.25, 0.3) is 17.7 Å². The van der Waals surface area contributed by atoms with Crippen molar-refractivity contribution in [3.05, 3.63) is 57.8 Å². The average Bonchev–Trinajstić information content (AvgIpc) is 2.74. The minimum atomic E-state index is -0.464. The van der Waals surface area contributed by atoms with E-state index in [4.69, 9.17) is 0 Å². The van der Waals surface area contributed by atoms with E-state index in [2.05, 4.69) is 31.5 Å². The highest BCUT2D eigenvalue weighted by molar-refractivity contribution is 9.10. The Balaban J connectivity index is 1.88. The Labute approximate surface area is 127 Å². The molecule has 0 saturated heterocycles. The number of imide groups is 1. The van der Waals surface area contributed by atoms with Crippen LogP contribution in [-0.4, -0.2) is 22.7 Å². The molecule has 0 unspecified atom stereocenters. The van der Waals surface area contributed by atoms with E-state index in [1.165, 1.54) is 12.1 Å². The predicted molar refractivity (Wildman–Crippen MR) is 78.1 cm³/mol. The number of aromatic nitrogens is 1. The molecule has 3 rings (SSSR count). The Morgan fingerprint density at radius 1 is 1.14 bits per heavy atom. The van der Waals surface area contributed by atoms with Crippen LogP contribution in [0.4, 0.5) is 5.69 Å². The minimum Gasteiger partial charge on any atom is -0.322 e. The highest BCUT2D eigenvalue weighted by Crippen LogP contribution is 2.21. The number of carbonyl (C=O) groups is 3. The molecule has 21 heavy (non-hydrogen) atoms. The van der Waals surface area contributed by atoms with Crippen LogP contribution in [0.25, 0.3) is 0 Å². The van der Waals surface area contributed by atoms with Crippen LogP contribution in [0.1, 0.15) is 31.1 Å². The molecule has 2 heterocycles. The smallest absolute Gasteiger partial charge is 0.259 e. The van der Waals surface area contributed by atoms with Gasteiger partial charge < -0.3 is 5.32 Å². The van der Waals surface area contributed by atoms with Gasteiger partial charge >= 0.3 is 0 Å². The number of pyridine rings is 1. The molecule has 1 aliphatic rings. The Bertz CT molecular complexity index is 789. The topological polar surface area (TPSA) is 88.2 Å². The zero-order chi connectivity index (χ0) is 15.0. The summed E-state index contributed by atoms with van der Waals surface area (Å²) in [5, 5.41) is 4.86. The fourth-order valence-corrected chi connectivity index (χ4v) is 2.43. The Morgan fingerprint density at radius 2 is 1.90 bits per heavy atom. The SMILES string of the molecule is O=C1NC(=O)c2cc(NC(=O)c3cccnc3Br)ccc21. The number of halogens is 1. The molecule has 1 aromatic heterocycles. The molecule has 0 bridgehead atoms. The number of nitrogens with one attached hydrogen (secondary N) is 2. The molecular formula is C14H8BrN3O3. The number of carbonyl (C=O) groups excluding carboxylic acids is 3. The number of rotatable bonds is 2. The fraction of sp³-hybridized carbons (Fsp3) is 0. The number of amides is 3. The number of hydrogen-bond donors (Lipinski definition) is 2. The lowest BCUT2D eigenvalue weighted by atomic mass is 10.1. The Kier molecular flexibility index (Phi) is 3.26. The molecule has 0 spiro atoms. The average molecular weight is 346 g/mol. The second kappa shape index (κ2) is 5.10. The van der Waals surface area contributed by atoms with E-state index in [0.29, 0.717) is 21.4 Å². The van der Waals surface area contributed by atoms with Gasteiger partial charge in [0, 0.05) is 11.9 Å². The van der Waals surface area contributed by atoms with Gasteiger partial charge in [0.1, 0.15) is 4.60 Å². The third kappa shape index (κ3) is 2.43. The molecule has 104 valence electrons. The zero-order valence-corrected chi connectivity index (χ0v) is 12.1. The maximum atomic E-state index is 12.1. The second-order valence-electron chi connectivity index (χ2n) is 4.34. The van der Waals surface area contributed by atoms with Crippen LogP contribution in [0.3, 0.4) is 0 Å². The monoisotopic (exact) mass is 345 g/mol. The molecule has 0 saturated carbocycles. The van der Waals surface area contributed by atoms with Gasteiger partial charge in [0.05, 0.1) is 16.7 Å². The molecule has 0 atom stereocenters. The predicted octanol–water partition coefficient (Wildman–Crippen LogP) is 1.98. The molecule has 7 heteroatoms. The standard InChI is InChI=1S/C14H8BrN3O3/c15-11-9(2-1-5-16-11)13(20)17-7-3-4-8-10(6-7)14(21)18-12(8)19/h1-6H,(H,17,20)(H,18,19,21). The summed E-state index contributed by atoms with van der Waals surface area (Å²) in [6.07, 6.45) is 1.56. The summed E-state index contributed by atoms with van der Waals surface area (Å²) in [7, 11) is 0. The number of benzene rings is 1. The van der Waals surface area contributed by atoms with Crippen LogP contribution in [-0.2, 0) is 0 Å². The first kappa shape index (κ1) is 13.4. The number of nitrogens with zero attached hydrogens (tertiary/aromatic N) is 1. The van der Waals surface area contributed by atoms with Crippen molar-refractivity contribution in [1.29, 1.82) is 0 Å². The van der Waals surface area contributed by atoms with Gasteiger partial charge in [-0.25, -0.2) is 4.98 Å². The highest BCUT2D eigenvalue weighted by Gasteiger charge is 2.26. The lowest BCUT2D eigenvalue weighted by molar-refractivity contribution is 0.0878. The van der Waals surface area contributed by atoms with Crippen molar-refractivity contribution in [2.24, 2.45) is 0 Å². The van der Waals surface area contributed by atoms with Crippen LogP contribution in [0.2, 0.25) is 0 Å². The first-order chi connectivity index (χ1) is 10.1. The van der Waals surface area contributed by atoms with E-state index in [0.717, 1.165) is 0 Å². The highest BCUT2D eigenvalue weighted by atomic mass is 79.9. The maximum Gasteiger partial charge on any atom is 0.259 e. The third-order valence-corrected chi connectivity index (χ3v) is 3.63. The Hall–Kier alpha value is -2.54. The molecule has 1 aromatic carbocycles. The van der Waals surface area contributed by atoms with Crippen molar-refractivity contribution in [3.8, 4) is 0 Å². The van der Waals surface area contributed by atoms with Crippen molar-refractivity contribution < 1.29 is 14.4 Å². The van der Waals surface area contributed by atoms with Crippen LogP contribution < -0.4 is 10.6 Å². The largest absolute Gasteiger partial charge is 0.322 e. The fourth-order valence-electron chi connectivity index (χ4n) is 2.00. The van der Waals surface area contributed by atoms with Gasteiger partial charge in [-0.05, 0) is 46.3 Å². The quantitative estimate of drug-likeness (QED) is 0.643. The summed E-state index contributed by atoms with van der Waals surface area (Å²) in [6.45, 7) is 0. The number of anilines is 1. The summed E-state index contributed by atoms with van der Waals surface area (Å²) >= 11 is 3.20. The van der Waals surface area contributed by atoms with Crippen molar-refractivity contribution in [2.45, 2.75) is 0 Å². The van der Waals surface area contributed by atoms with Crippen molar-refractivity contribution in [3.63, 3.8) is 0 Å². The van der Waals surface area contributed by atoms with Crippen molar-refractivity contribution >= 4 is 39.3 Å². The summed E-state index contributed by atoms with van der Waals surface area (Å²) in [4.78, 5) is 39.1. The lowest BCUT2D eigenvalue weighted by Crippen LogP contribution is -2.19. The summed E-state index contributed by atoms with van der Waals surface area (Å²) in [5.74, 6) is -1.25. The molecule has 2 aromatic rings. The van der Waals surface area contributed by atoms with Gasteiger partial charge in [-0.1, -0.05) is 0 Å². The molecule has 0 fully saturated rings. The van der Waals surface area contributed by atoms with Gasteiger partial charge in [-0.15, -0.1) is 0 Å². The van der Waals surface area contributed by atoms with Crippen LogP contribution in [0, 0.1) is 0 Å². The number of fused-ring (bicyclic) bond motifs is 1. The molecule has 2 N–H and O–H groups in total. The summed E-state index contributed by atoms with van der Waals surface area (Å²) in [6, 6.07) is 7.81. The van der Waals surface area contributed by atoms with Gasteiger partial charge in [-0.2, -0.15) is 0 Å². The third-order valence-electron chi connectivity index (χ3n) is 3.00. The normalized spacial score (nSPS) is 12.8. The zero-order valence-electron chi connectivity index (χ0n) is 10.5. The van der Waals surface area contributed by atoms with E-state index in [9.17, 15) is 14.4 Å². The van der Waals surface area contributed by atoms with Crippen LogP contribution in [0.5, 0.6) is 0 Å². The Morgan fingerprint density at radius 3 is 2.67 bits per heavy atom. The second-order valence-corrected chi connectivity index (χ2v) is 5.09. The van der Waals surface area contributed by atoms with E-state index in [-0.39, 0.29) is 11.5 Å². The van der Waals surface area contributed by atoms with Gasteiger partial charge in [0.2, 0.25) is 0 Å².